The van der Waals surface area contributed by atoms with Gasteiger partial charge in [0.2, 0.25) is 0 Å². The molecule has 5 aliphatic heterocycles. The molecule has 7 unspecified atom stereocenters. The van der Waals surface area contributed by atoms with Crippen LogP contribution in [0.2, 0.25) is 0 Å². The highest BCUT2D eigenvalue weighted by Gasteiger charge is 2.40. The molecule has 0 aromatic heterocycles. The van der Waals surface area contributed by atoms with Gasteiger partial charge in [0.1, 0.15) is 42.4 Å². The molecule has 50 heavy (non-hydrogen) atoms. The third-order valence-corrected chi connectivity index (χ3v) is 10.3. The lowest BCUT2D eigenvalue weighted by molar-refractivity contribution is -0.889. The fourth-order valence-electron chi connectivity index (χ4n) is 7.67. The van der Waals surface area contributed by atoms with E-state index in [0.29, 0.717) is 43.7 Å². The third-order valence-electron chi connectivity index (χ3n) is 10.3. The van der Waals surface area contributed by atoms with E-state index in [1.165, 1.54) is 5.56 Å². The summed E-state index contributed by atoms with van der Waals surface area (Å²) in [5, 5.41) is 35.2. The normalized spacial score (nSPS) is 25.7. The lowest BCUT2D eigenvalue weighted by atomic mass is 9.84. The van der Waals surface area contributed by atoms with Crippen molar-refractivity contribution in [1.29, 1.82) is 0 Å². The van der Waals surface area contributed by atoms with Crippen molar-refractivity contribution in [3.8, 4) is 35.4 Å². The number of allylic oxidation sites excluding steroid dienone is 1. The van der Waals surface area contributed by atoms with Crippen molar-refractivity contribution < 1.29 is 34.5 Å². The van der Waals surface area contributed by atoms with Crippen LogP contribution in [-0.4, -0.2) is 58.8 Å². The molecule has 0 radical (unpaired) electrons. The van der Waals surface area contributed by atoms with Gasteiger partial charge < -0.3 is 30.5 Å². The number of nitrogens with one attached hydrogen (secondary N) is 2. The quantitative estimate of drug-likeness (QED) is 0.221. The van der Waals surface area contributed by atoms with E-state index in [9.17, 15) is 20.1 Å². The summed E-state index contributed by atoms with van der Waals surface area (Å²) >= 11 is 0. The summed E-state index contributed by atoms with van der Waals surface area (Å²) in [6, 6.07) is 9.55. The first-order valence-electron chi connectivity index (χ1n) is 17.8. The average molecular weight is 678 g/mol. The van der Waals surface area contributed by atoms with Crippen molar-refractivity contribution in [3.05, 3.63) is 81.2 Å². The topological polar surface area (TPSA) is 151 Å². The number of carbonyl (C=O) groups is 1. The van der Waals surface area contributed by atoms with Crippen molar-refractivity contribution in [2.24, 2.45) is 16.6 Å². The van der Waals surface area contributed by atoms with E-state index in [2.05, 4.69) is 35.4 Å². The molecule has 7 rings (SSSR count). The Balaban J connectivity index is 1.17. The van der Waals surface area contributed by atoms with E-state index < -0.39 is 24.5 Å². The first-order valence-corrected chi connectivity index (χ1v) is 17.8. The average Bonchev–Trinajstić information content (AvgIpc) is 3.69. The second kappa shape index (κ2) is 14.9. The fraction of sp³-hybridized carbons (Fsp3) is 0.450. The number of ketones is 1. The van der Waals surface area contributed by atoms with E-state index in [0.717, 1.165) is 63.4 Å². The van der Waals surface area contributed by atoms with Gasteiger partial charge in [0, 0.05) is 44.0 Å². The molecule has 10 heteroatoms. The Labute approximate surface area is 293 Å². The molecule has 5 aliphatic rings. The molecule has 2 aromatic rings. The van der Waals surface area contributed by atoms with Crippen LogP contribution in [0.25, 0.3) is 0 Å². The zero-order valence-corrected chi connectivity index (χ0v) is 28.4. The Kier molecular flexibility index (Phi) is 10.2. The zero-order chi connectivity index (χ0) is 34.8. The Bertz CT molecular complexity index is 1880. The lowest BCUT2D eigenvalue weighted by Gasteiger charge is -2.29. The van der Waals surface area contributed by atoms with Crippen LogP contribution in [0.15, 0.2) is 58.4 Å². The maximum Gasteiger partial charge on any atom is 0.251 e. The summed E-state index contributed by atoms with van der Waals surface area (Å²) in [5.41, 5.74) is 14.6. The summed E-state index contributed by atoms with van der Waals surface area (Å²) in [6.45, 7) is 3.40. The van der Waals surface area contributed by atoms with Gasteiger partial charge in [0.15, 0.2) is 11.5 Å². The Morgan fingerprint density at radius 2 is 2.00 bits per heavy atom. The number of benzene rings is 2. The molecule has 0 saturated carbocycles. The van der Waals surface area contributed by atoms with Crippen LogP contribution >= 0.6 is 0 Å². The summed E-state index contributed by atoms with van der Waals surface area (Å²) in [6.07, 6.45) is 7.82. The minimum absolute atomic E-state index is 0.0141. The standard InChI is InChI=1S/C40H44N4O6/c1-2-4-27(45)19-29(47)20-28(46)9-6-24-7-13-37-38(17-24)50-40-25(5-3-16-49-37)8-12-36(48)31-10-11-32-30(14-15-42-39(32)41)33(31)18-26-21-43-35-23-44(40)22-34(26)35/h7,10-11,13,17,21,23,25,27,29,36,39-40,42,45,47-48H,2,4-6,9,14-15,18-20,22,41H2,1H3/p+1. The zero-order valence-electron chi connectivity index (χ0n) is 28.4. The van der Waals surface area contributed by atoms with Gasteiger partial charge >= 0.3 is 0 Å². The van der Waals surface area contributed by atoms with E-state index in [1.807, 2.05) is 37.4 Å². The van der Waals surface area contributed by atoms with E-state index in [-0.39, 0.29) is 37.1 Å². The molecule has 0 amide bonds. The van der Waals surface area contributed by atoms with Crippen molar-refractivity contribution in [1.82, 2.24) is 5.32 Å². The highest BCUT2D eigenvalue weighted by Crippen LogP contribution is 2.36. The minimum Gasteiger partial charge on any atom is -0.437 e. The number of quaternary nitrogens is 1. The molecule has 7 N–H and O–H groups in total. The first-order chi connectivity index (χ1) is 24.3. The number of carbonyl (C=O) groups excluding carboxylic acids is 1. The van der Waals surface area contributed by atoms with Crippen LogP contribution in [0.3, 0.4) is 0 Å². The van der Waals surface area contributed by atoms with Gasteiger partial charge in [-0.3, -0.25) is 20.0 Å². The monoisotopic (exact) mass is 677 g/mol. The Hall–Kier alpha value is -4.26. The number of nitrogens with zero attached hydrogens (tertiary/aromatic N) is 1. The molecule has 0 fully saturated rings. The van der Waals surface area contributed by atoms with E-state index >= 15 is 0 Å². The van der Waals surface area contributed by atoms with Crippen LogP contribution in [0, 0.1) is 29.8 Å². The predicted molar refractivity (Wildman–Crippen MR) is 188 cm³/mol. The molecule has 260 valence electrons. The molecule has 7 atom stereocenters. The van der Waals surface area contributed by atoms with Crippen molar-refractivity contribution in [3.63, 3.8) is 0 Å². The van der Waals surface area contributed by atoms with Crippen LogP contribution in [0.5, 0.6) is 11.5 Å². The van der Waals surface area contributed by atoms with Gasteiger partial charge in [-0.05, 0) is 71.2 Å². The van der Waals surface area contributed by atoms with Gasteiger partial charge in [-0.1, -0.05) is 49.3 Å². The van der Waals surface area contributed by atoms with Crippen LogP contribution < -0.4 is 25.4 Å². The number of ether oxygens (including phenoxy) is 2. The van der Waals surface area contributed by atoms with Crippen LogP contribution in [0.1, 0.15) is 85.5 Å². The number of hydrogen-bond donors (Lipinski definition) is 6. The largest absolute Gasteiger partial charge is 0.437 e. The number of aryl methyl sites for hydroxylation is 1. The molecule has 5 heterocycles. The second-order valence-electron chi connectivity index (χ2n) is 13.9. The lowest BCUT2D eigenvalue weighted by Crippen LogP contribution is -3.12. The number of aliphatic hydroxyl groups excluding tert-OH is 3. The number of hydrogen-bond acceptors (Lipinski definition) is 9. The molecule has 2 bridgehead atoms. The van der Waals surface area contributed by atoms with Gasteiger partial charge in [0.05, 0.1) is 18.4 Å². The summed E-state index contributed by atoms with van der Waals surface area (Å²) in [5.74, 6) is 10.2. The van der Waals surface area contributed by atoms with Gasteiger partial charge in [0.25, 0.3) is 6.23 Å². The van der Waals surface area contributed by atoms with Crippen LogP contribution in [-0.2, 0) is 24.1 Å². The van der Waals surface area contributed by atoms with Gasteiger partial charge in [-0.15, -0.1) is 0 Å². The number of aliphatic hydroxyl groups is 3. The molecule has 0 spiro atoms. The number of nitrogens with two attached hydrogens (primary N) is 1. The smallest absolute Gasteiger partial charge is 0.251 e. The fourth-order valence-corrected chi connectivity index (χ4v) is 7.67. The van der Waals surface area contributed by atoms with Crippen molar-refractivity contribution in [2.75, 3.05) is 13.1 Å². The second-order valence-corrected chi connectivity index (χ2v) is 13.9. The molecular formula is C40H45N4O6+. The molecule has 0 saturated heterocycles. The van der Waals surface area contributed by atoms with Gasteiger partial charge in [-0.25, -0.2) is 0 Å². The van der Waals surface area contributed by atoms with Gasteiger partial charge in [-0.2, -0.15) is 0 Å². The number of Topliss-reactive ketones (excluding diaryl/α,β-unsaturated/α-hetero) is 1. The number of fused-ring (bicyclic) bond motifs is 7. The van der Waals surface area contributed by atoms with Crippen molar-refractivity contribution in [2.45, 2.75) is 95.4 Å². The molecular weight excluding hydrogens is 632 g/mol. The SMILES string of the molecule is CCCC(O)CC(O)CC(=O)CCc1ccc2c(c1)OC1C(C#CC(O)c3ccc4c(c3CC3=C5C[NH+]1C=C5N=C3)CCNC4N)CC#CO2. The summed E-state index contributed by atoms with van der Waals surface area (Å²) in [7, 11) is 0. The number of rotatable bonds is 9. The van der Waals surface area contributed by atoms with Crippen LogP contribution in [0.4, 0.5) is 0 Å². The minimum atomic E-state index is -1.01. The van der Waals surface area contributed by atoms with Crippen molar-refractivity contribution >= 4 is 12.0 Å². The van der Waals surface area contributed by atoms with E-state index in [1.54, 1.807) is 6.07 Å². The Morgan fingerprint density at radius 3 is 2.86 bits per heavy atom. The first kappa shape index (κ1) is 34.2. The highest BCUT2D eigenvalue weighted by atomic mass is 16.5. The summed E-state index contributed by atoms with van der Waals surface area (Å²) in [4.78, 5) is 18.6. The highest BCUT2D eigenvalue weighted by molar-refractivity contribution is 5.87. The maximum atomic E-state index is 12.7. The molecule has 10 nitrogen and oxygen atoms in total. The number of aliphatic imine (C=N–C) groups is 1. The maximum absolute atomic E-state index is 12.7. The van der Waals surface area contributed by atoms with E-state index in [4.69, 9.17) is 20.2 Å². The molecule has 2 aromatic carbocycles. The summed E-state index contributed by atoms with van der Waals surface area (Å²) < 4.78 is 12.6. The molecule has 0 aliphatic carbocycles. The predicted octanol–water partition coefficient (Wildman–Crippen LogP) is 2.07. The Morgan fingerprint density at radius 1 is 1.14 bits per heavy atom. The third kappa shape index (κ3) is 7.28.